The molecule has 0 aliphatic heterocycles. The third-order valence-electron chi connectivity index (χ3n) is 2.70. The lowest BCUT2D eigenvalue weighted by Crippen LogP contribution is -2.18. The predicted octanol–water partition coefficient (Wildman–Crippen LogP) is 3.68. The van der Waals surface area contributed by atoms with Gasteiger partial charge < -0.3 is 10.6 Å². The molecule has 0 radical (unpaired) electrons. The fourth-order valence-electron chi connectivity index (χ4n) is 1.71. The number of amides is 1. The van der Waals surface area contributed by atoms with E-state index in [9.17, 15) is 4.79 Å². The molecule has 0 spiro atoms. The van der Waals surface area contributed by atoms with Crippen LogP contribution in [0.25, 0.3) is 0 Å². The largest absolute Gasteiger partial charge is 0.380 e. The number of anilines is 1. The van der Waals surface area contributed by atoms with Crippen molar-refractivity contribution in [1.29, 1.82) is 0 Å². The first-order chi connectivity index (χ1) is 9.10. The lowest BCUT2D eigenvalue weighted by Gasteiger charge is -2.08. The molecule has 0 atom stereocenters. The molecule has 1 heterocycles. The van der Waals surface area contributed by atoms with Crippen LogP contribution in [0.3, 0.4) is 0 Å². The second-order valence-corrected chi connectivity index (χ2v) is 5.92. The Hall–Kier alpha value is -1.52. The number of carbonyl (C=O) groups is 1. The van der Waals surface area contributed by atoms with Crippen molar-refractivity contribution in [1.82, 2.24) is 5.32 Å². The lowest BCUT2D eigenvalue weighted by molar-refractivity contribution is 0.0963. The number of benzene rings is 1. The van der Waals surface area contributed by atoms with Gasteiger partial charge in [0.25, 0.3) is 5.91 Å². The molecule has 2 aromatic rings. The quantitative estimate of drug-likeness (QED) is 0.903. The molecule has 3 nitrogen and oxygen atoms in total. The summed E-state index contributed by atoms with van der Waals surface area (Å²) < 4.78 is 0. The van der Waals surface area contributed by atoms with Crippen molar-refractivity contribution < 1.29 is 4.79 Å². The van der Waals surface area contributed by atoms with Crippen molar-refractivity contribution in [3.63, 3.8) is 0 Å². The Morgan fingerprint density at radius 1 is 1.32 bits per heavy atom. The van der Waals surface area contributed by atoms with Crippen LogP contribution in [0.2, 0.25) is 5.02 Å². The van der Waals surface area contributed by atoms with E-state index in [1.807, 2.05) is 6.07 Å². The molecular weight excluding hydrogens is 280 g/mol. The Kier molecular flexibility index (Phi) is 4.45. The minimum absolute atomic E-state index is 0.180. The Balaban J connectivity index is 2.10. The van der Waals surface area contributed by atoms with Gasteiger partial charge in [0.15, 0.2) is 0 Å². The Morgan fingerprint density at radius 2 is 2.11 bits per heavy atom. The van der Waals surface area contributed by atoms with Crippen LogP contribution in [-0.2, 0) is 6.54 Å². The molecule has 19 heavy (non-hydrogen) atoms. The van der Waals surface area contributed by atoms with E-state index < -0.39 is 0 Å². The predicted molar refractivity (Wildman–Crippen MR) is 81.2 cm³/mol. The molecule has 2 rings (SSSR count). The van der Waals surface area contributed by atoms with Crippen LogP contribution >= 0.6 is 22.9 Å². The molecule has 2 N–H and O–H groups in total. The summed E-state index contributed by atoms with van der Waals surface area (Å²) in [4.78, 5) is 14.2. The minimum Gasteiger partial charge on any atom is -0.380 e. The van der Waals surface area contributed by atoms with Crippen molar-refractivity contribution in [2.24, 2.45) is 0 Å². The first-order valence-corrected chi connectivity index (χ1v) is 7.10. The zero-order valence-electron chi connectivity index (χ0n) is 10.8. The van der Waals surface area contributed by atoms with Crippen molar-refractivity contribution in [2.75, 3.05) is 12.4 Å². The van der Waals surface area contributed by atoms with E-state index in [1.54, 1.807) is 30.5 Å². The van der Waals surface area contributed by atoms with Gasteiger partial charge in [0.1, 0.15) is 0 Å². The highest BCUT2D eigenvalue weighted by Gasteiger charge is 2.09. The number of aryl methyl sites for hydroxylation is 1. The van der Waals surface area contributed by atoms with E-state index in [4.69, 9.17) is 11.6 Å². The molecular formula is C14H15ClN2OS. The van der Waals surface area contributed by atoms with E-state index >= 15 is 0 Å². The van der Waals surface area contributed by atoms with Gasteiger partial charge in [-0.1, -0.05) is 11.6 Å². The molecule has 0 fully saturated rings. The van der Waals surface area contributed by atoms with Crippen molar-refractivity contribution in [3.8, 4) is 0 Å². The van der Waals surface area contributed by atoms with Gasteiger partial charge in [0.2, 0.25) is 0 Å². The van der Waals surface area contributed by atoms with E-state index in [0.717, 1.165) is 12.2 Å². The number of halogens is 1. The van der Waals surface area contributed by atoms with Crippen molar-refractivity contribution in [3.05, 3.63) is 50.7 Å². The topological polar surface area (TPSA) is 41.1 Å². The highest BCUT2D eigenvalue weighted by molar-refractivity contribution is 7.11. The van der Waals surface area contributed by atoms with Gasteiger partial charge in [-0.2, -0.15) is 0 Å². The van der Waals surface area contributed by atoms with Crippen LogP contribution in [0, 0.1) is 6.92 Å². The molecule has 1 aromatic heterocycles. The Morgan fingerprint density at radius 3 is 2.74 bits per heavy atom. The normalized spacial score (nSPS) is 10.3. The Labute approximate surface area is 121 Å². The Bertz CT molecular complexity index is 595. The third kappa shape index (κ3) is 3.49. The fraction of sp³-hybridized carbons (Fsp3) is 0.214. The molecule has 0 saturated carbocycles. The molecule has 0 aliphatic carbocycles. The SMILES string of the molecule is CNC(=O)c1cc(NCc2ccc(C)s2)ccc1Cl. The average Bonchev–Trinajstić information content (AvgIpc) is 2.83. The van der Waals surface area contributed by atoms with Gasteiger partial charge in [-0.05, 0) is 37.3 Å². The van der Waals surface area contributed by atoms with Crippen LogP contribution in [0.5, 0.6) is 0 Å². The van der Waals surface area contributed by atoms with Gasteiger partial charge in [0.05, 0.1) is 10.6 Å². The zero-order valence-corrected chi connectivity index (χ0v) is 12.4. The summed E-state index contributed by atoms with van der Waals surface area (Å²) in [5, 5.41) is 6.33. The standard InChI is InChI=1S/C14H15ClN2OS/c1-9-3-5-11(19-9)8-17-10-4-6-13(15)12(7-10)14(18)16-2/h3-7,17H,8H2,1-2H3,(H,16,18). The third-order valence-corrected chi connectivity index (χ3v) is 4.03. The van der Waals surface area contributed by atoms with E-state index in [-0.39, 0.29) is 5.91 Å². The number of thiophene rings is 1. The summed E-state index contributed by atoms with van der Waals surface area (Å²) >= 11 is 7.76. The first kappa shape index (κ1) is 13.9. The molecule has 1 amide bonds. The van der Waals surface area contributed by atoms with Crippen LogP contribution in [0.15, 0.2) is 30.3 Å². The van der Waals surface area contributed by atoms with Crippen LogP contribution < -0.4 is 10.6 Å². The fourth-order valence-corrected chi connectivity index (χ4v) is 2.75. The summed E-state index contributed by atoms with van der Waals surface area (Å²) in [5.74, 6) is -0.180. The average molecular weight is 295 g/mol. The molecule has 1 aromatic carbocycles. The molecule has 0 saturated heterocycles. The number of rotatable bonds is 4. The van der Waals surface area contributed by atoms with E-state index in [0.29, 0.717) is 10.6 Å². The van der Waals surface area contributed by atoms with Gasteiger partial charge in [-0.3, -0.25) is 4.79 Å². The molecule has 5 heteroatoms. The maximum atomic E-state index is 11.6. The highest BCUT2D eigenvalue weighted by Crippen LogP contribution is 2.22. The van der Waals surface area contributed by atoms with Crippen LogP contribution in [0.4, 0.5) is 5.69 Å². The number of carbonyl (C=O) groups excluding carboxylic acids is 1. The summed E-state index contributed by atoms with van der Waals surface area (Å²) in [6.45, 7) is 2.83. The van der Waals surface area contributed by atoms with Gasteiger partial charge >= 0.3 is 0 Å². The number of nitrogens with one attached hydrogen (secondary N) is 2. The summed E-state index contributed by atoms with van der Waals surface area (Å²) in [7, 11) is 1.59. The lowest BCUT2D eigenvalue weighted by atomic mass is 10.2. The maximum Gasteiger partial charge on any atom is 0.252 e. The smallest absolute Gasteiger partial charge is 0.252 e. The first-order valence-electron chi connectivity index (χ1n) is 5.91. The second kappa shape index (κ2) is 6.08. The molecule has 100 valence electrons. The van der Waals surface area contributed by atoms with Gasteiger partial charge in [-0.25, -0.2) is 0 Å². The molecule has 0 unspecified atom stereocenters. The van der Waals surface area contributed by atoms with Gasteiger partial charge in [-0.15, -0.1) is 11.3 Å². The van der Waals surface area contributed by atoms with Crippen molar-refractivity contribution in [2.45, 2.75) is 13.5 Å². The summed E-state index contributed by atoms with van der Waals surface area (Å²) in [6, 6.07) is 9.56. The number of hydrogen-bond acceptors (Lipinski definition) is 3. The van der Waals surface area contributed by atoms with Crippen LogP contribution in [-0.4, -0.2) is 13.0 Å². The maximum absolute atomic E-state index is 11.6. The summed E-state index contributed by atoms with van der Waals surface area (Å²) in [5.41, 5.74) is 1.37. The minimum atomic E-state index is -0.180. The number of hydrogen-bond donors (Lipinski definition) is 2. The molecule has 0 bridgehead atoms. The second-order valence-electron chi connectivity index (χ2n) is 4.14. The highest BCUT2D eigenvalue weighted by atomic mass is 35.5. The monoisotopic (exact) mass is 294 g/mol. The summed E-state index contributed by atoms with van der Waals surface area (Å²) in [6.07, 6.45) is 0. The van der Waals surface area contributed by atoms with E-state index in [1.165, 1.54) is 9.75 Å². The van der Waals surface area contributed by atoms with E-state index in [2.05, 4.69) is 29.7 Å². The van der Waals surface area contributed by atoms with Crippen molar-refractivity contribution >= 4 is 34.5 Å². The molecule has 0 aliphatic rings. The zero-order chi connectivity index (χ0) is 13.8. The van der Waals surface area contributed by atoms with Crippen LogP contribution in [0.1, 0.15) is 20.1 Å². The van der Waals surface area contributed by atoms with Gasteiger partial charge in [0, 0.05) is 29.0 Å².